The number of nitrogens with zero attached hydrogens (tertiary/aromatic N) is 2. The Morgan fingerprint density at radius 2 is 1.79 bits per heavy atom. The van der Waals surface area contributed by atoms with Crippen LogP contribution in [0.2, 0.25) is 0 Å². The minimum Gasteiger partial charge on any atom is -0.493 e. The van der Waals surface area contributed by atoms with Crippen molar-refractivity contribution in [3.63, 3.8) is 0 Å². The molecule has 1 aliphatic heterocycles. The van der Waals surface area contributed by atoms with Gasteiger partial charge in [0.15, 0.2) is 11.5 Å². The van der Waals surface area contributed by atoms with Crippen molar-refractivity contribution < 1.29 is 23.8 Å². The molecule has 33 heavy (non-hydrogen) atoms. The Hall–Kier alpha value is -3.53. The van der Waals surface area contributed by atoms with Crippen LogP contribution in [-0.4, -0.2) is 49.0 Å². The number of ether oxygens (including phenoxy) is 3. The Bertz CT molecular complexity index is 1210. The lowest BCUT2D eigenvalue weighted by Crippen LogP contribution is -2.50. The lowest BCUT2D eigenvalue weighted by atomic mass is 9.86. The third kappa shape index (κ3) is 3.91. The van der Waals surface area contributed by atoms with E-state index in [-0.39, 0.29) is 17.4 Å². The maximum Gasteiger partial charge on any atom is 0.252 e. The number of carbonyl (C=O) groups excluding carboxylic acids is 2. The van der Waals surface area contributed by atoms with Gasteiger partial charge in [-0.2, -0.15) is 5.10 Å². The second-order valence-electron chi connectivity index (χ2n) is 7.75. The standard InChI is InChI=1S/C23H26N4O5S/c1-11-7-8-16(33-11)18-17-12(2)26-27(3)21(17)25-23(29)19(18)24-22(28)13-9-14(30-4)20(32-6)15(10-13)31-5/h7-10,18-19H,1-6H3,(H,24,28)(H,25,29)/t18-,19+/m0/s1. The van der Waals surface area contributed by atoms with Crippen LogP contribution in [0.3, 0.4) is 0 Å². The number of methoxy groups -OCH3 is 3. The van der Waals surface area contributed by atoms with Gasteiger partial charge >= 0.3 is 0 Å². The second kappa shape index (κ2) is 8.78. The summed E-state index contributed by atoms with van der Waals surface area (Å²) in [5, 5.41) is 10.3. The number of hydrogen-bond acceptors (Lipinski definition) is 7. The molecule has 2 aromatic heterocycles. The van der Waals surface area contributed by atoms with Crippen molar-refractivity contribution in [2.75, 3.05) is 26.6 Å². The highest BCUT2D eigenvalue weighted by molar-refractivity contribution is 7.12. The van der Waals surface area contributed by atoms with E-state index < -0.39 is 11.9 Å². The van der Waals surface area contributed by atoms with Gasteiger partial charge in [-0.05, 0) is 38.1 Å². The molecule has 0 spiro atoms. The monoisotopic (exact) mass is 470 g/mol. The summed E-state index contributed by atoms with van der Waals surface area (Å²) >= 11 is 1.60. The first kappa shape index (κ1) is 22.7. The summed E-state index contributed by atoms with van der Waals surface area (Å²) in [5.74, 6) is 0.630. The molecule has 1 aliphatic rings. The largest absolute Gasteiger partial charge is 0.493 e. The number of nitrogens with one attached hydrogen (secondary N) is 2. The molecule has 174 valence electrons. The van der Waals surface area contributed by atoms with E-state index in [4.69, 9.17) is 14.2 Å². The van der Waals surface area contributed by atoms with Crippen molar-refractivity contribution in [3.05, 3.63) is 50.8 Å². The highest BCUT2D eigenvalue weighted by Gasteiger charge is 2.42. The quantitative estimate of drug-likeness (QED) is 0.574. The number of anilines is 1. The van der Waals surface area contributed by atoms with Crippen LogP contribution < -0.4 is 24.8 Å². The maximum absolute atomic E-state index is 13.3. The fourth-order valence-electron chi connectivity index (χ4n) is 4.22. The third-order valence-corrected chi connectivity index (χ3v) is 6.80. The molecule has 0 unspecified atom stereocenters. The number of rotatable bonds is 6. The zero-order valence-electron chi connectivity index (χ0n) is 19.3. The number of hydrogen-bond donors (Lipinski definition) is 2. The van der Waals surface area contributed by atoms with E-state index in [1.54, 1.807) is 35.2 Å². The van der Waals surface area contributed by atoms with Crippen LogP contribution in [0, 0.1) is 13.8 Å². The molecule has 9 nitrogen and oxygen atoms in total. The first-order valence-electron chi connectivity index (χ1n) is 10.3. The highest BCUT2D eigenvalue weighted by atomic mass is 32.1. The summed E-state index contributed by atoms with van der Waals surface area (Å²) in [6.07, 6.45) is 0. The van der Waals surface area contributed by atoms with Crippen molar-refractivity contribution in [1.82, 2.24) is 15.1 Å². The lowest BCUT2D eigenvalue weighted by Gasteiger charge is -2.31. The Morgan fingerprint density at radius 3 is 2.33 bits per heavy atom. The average molecular weight is 471 g/mol. The smallest absolute Gasteiger partial charge is 0.252 e. The predicted molar refractivity (Wildman–Crippen MR) is 125 cm³/mol. The first-order chi connectivity index (χ1) is 15.8. The highest BCUT2D eigenvalue weighted by Crippen LogP contribution is 2.42. The lowest BCUT2D eigenvalue weighted by molar-refractivity contribution is -0.118. The summed E-state index contributed by atoms with van der Waals surface area (Å²) < 4.78 is 17.7. The van der Waals surface area contributed by atoms with Gasteiger partial charge in [0, 0.05) is 27.9 Å². The van der Waals surface area contributed by atoms with Crippen molar-refractivity contribution in [2.45, 2.75) is 25.8 Å². The molecule has 3 heterocycles. The van der Waals surface area contributed by atoms with Crippen LogP contribution in [0.4, 0.5) is 5.82 Å². The van der Waals surface area contributed by atoms with E-state index in [9.17, 15) is 9.59 Å². The number of carbonyl (C=O) groups is 2. The van der Waals surface area contributed by atoms with E-state index >= 15 is 0 Å². The van der Waals surface area contributed by atoms with Gasteiger partial charge in [0.05, 0.1) is 32.9 Å². The molecule has 0 aliphatic carbocycles. The zero-order chi connectivity index (χ0) is 23.9. The number of aryl methyl sites for hydroxylation is 3. The molecule has 0 saturated heterocycles. The number of fused-ring (bicyclic) bond motifs is 1. The Morgan fingerprint density at radius 1 is 1.12 bits per heavy atom. The summed E-state index contributed by atoms with van der Waals surface area (Å²) in [7, 11) is 6.25. The summed E-state index contributed by atoms with van der Waals surface area (Å²) in [5.41, 5.74) is 1.98. The van der Waals surface area contributed by atoms with Crippen molar-refractivity contribution in [3.8, 4) is 17.2 Å². The fraction of sp³-hybridized carbons (Fsp3) is 0.348. The van der Waals surface area contributed by atoms with Crippen molar-refractivity contribution >= 4 is 29.0 Å². The molecule has 0 fully saturated rings. The second-order valence-corrected chi connectivity index (χ2v) is 9.07. The molecule has 0 radical (unpaired) electrons. The number of thiophene rings is 1. The van der Waals surface area contributed by atoms with Gasteiger partial charge in [0.25, 0.3) is 5.91 Å². The Labute approximate surface area is 195 Å². The SMILES string of the molecule is COc1cc(C(=O)N[C@H]2C(=O)Nc3c(c(C)nn3C)[C@@H]2c2ccc(C)s2)cc(OC)c1OC. The maximum atomic E-state index is 13.3. The Kier molecular flexibility index (Phi) is 6.03. The zero-order valence-corrected chi connectivity index (χ0v) is 20.1. The normalized spacial score (nSPS) is 17.2. The minimum absolute atomic E-state index is 0.284. The molecule has 2 amide bonds. The topological polar surface area (TPSA) is 104 Å². The van der Waals surface area contributed by atoms with E-state index in [1.807, 2.05) is 26.0 Å². The van der Waals surface area contributed by atoms with Crippen LogP contribution in [0.1, 0.15) is 37.3 Å². The molecule has 4 rings (SSSR count). The Balaban J connectivity index is 1.75. The van der Waals surface area contributed by atoms with Crippen LogP contribution in [0.25, 0.3) is 0 Å². The van der Waals surface area contributed by atoms with Crippen LogP contribution >= 0.6 is 11.3 Å². The molecular weight excluding hydrogens is 444 g/mol. The fourth-order valence-corrected chi connectivity index (χ4v) is 5.25. The summed E-state index contributed by atoms with van der Waals surface area (Å²) in [4.78, 5) is 28.6. The number of benzene rings is 1. The molecule has 3 aromatic rings. The van der Waals surface area contributed by atoms with Crippen LogP contribution in [0.5, 0.6) is 17.2 Å². The molecule has 1 aromatic carbocycles. The molecule has 2 atom stereocenters. The van der Waals surface area contributed by atoms with E-state index in [2.05, 4.69) is 15.7 Å². The summed E-state index contributed by atoms with van der Waals surface area (Å²) in [6, 6.07) is 6.30. The molecule has 2 N–H and O–H groups in total. The molecule has 0 bridgehead atoms. The van der Waals surface area contributed by atoms with Crippen LogP contribution in [0.15, 0.2) is 24.3 Å². The van der Waals surface area contributed by atoms with Gasteiger partial charge in [0.1, 0.15) is 11.9 Å². The van der Waals surface area contributed by atoms with Gasteiger partial charge in [-0.15, -0.1) is 11.3 Å². The minimum atomic E-state index is -0.829. The van der Waals surface area contributed by atoms with E-state index in [1.165, 1.54) is 21.3 Å². The average Bonchev–Trinajstić information content (AvgIpc) is 3.35. The predicted octanol–water partition coefficient (Wildman–Crippen LogP) is 3.01. The van der Waals surface area contributed by atoms with Gasteiger partial charge in [0.2, 0.25) is 11.7 Å². The summed E-state index contributed by atoms with van der Waals surface area (Å²) in [6.45, 7) is 3.92. The van der Waals surface area contributed by atoms with Crippen LogP contribution in [-0.2, 0) is 11.8 Å². The number of amides is 2. The van der Waals surface area contributed by atoms with Gasteiger partial charge in [-0.3, -0.25) is 14.3 Å². The van der Waals surface area contributed by atoms with Gasteiger partial charge in [-0.25, -0.2) is 0 Å². The van der Waals surface area contributed by atoms with E-state index in [0.29, 0.717) is 23.1 Å². The molecule has 0 saturated carbocycles. The van der Waals surface area contributed by atoms with Gasteiger partial charge in [-0.1, -0.05) is 0 Å². The molecular formula is C23H26N4O5S. The van der Waals surface area contributed by atoms with Crippen molar-refractivity contribution in [2.24, 2.45) is 7.05 Å². The number of aromatic nitrogens is 2. The van der Waals surface area contributed by atoms with Gasteiger partial charge < -0.3 is 24.8 Å². The van der Waals surface area contributed by atoms with E-state index in [0.717, 1.165) is 21.0 Å². The van der Waals surface area contributed by atoms with Crippen molar-refractivity contribution in [1.29, 1.82) is 0 Å². The first-order valence-corrected chi connectivity index (χ1v) is 11.1. The third-order valence-electron chi connectivity index (χ3n) is 5.72. The molecule has 10 heteroatoms.